The largest absolute Gasteiger partial charge is 0.496 e. The van der Waals surface area contributed by atoms with Crippen molar-refractivity contribution in [3.8, 4) is 23.1 Å². The average Bonchev–Trinajstić information content (AvgIpc) is 3.21. The maximum atomic E-state index is 12.9. The molecule has 2 aromatic heterocycles. The lowest BCUT2D eigenvalue weighted by molar-refractivity contribution is 0.0698. The highest BCUT2D eigenvalue weighted by atomic mass is 16.5. The van der Waals surface area contributed by atoms with Crippen LogP contribution in [-0.2, 0) is 0 Å². The van der Waals surface area contributed by atoms with Gasteiger partial charge in [-0.2, -0.15) is 5.26 Å². The van der Waals surface area contributed by atoms with Gasteiger partial charge in [0.25, 0.3) is 5.91 Å². The monoisotopic (exact) mass is 415 g/mol. The van der Waals surface area contributed by atoms with Gasteiger partial charge in [0.1, 0.15) is 5.75 Å². The Morgan fingerprint density at radius 3 is 2.74 bits per heavy atom. The predicted octanol–water partition coefficient (Wildman–Crippen LogP) is 3.12. The number of nitriles is 1. The number of aromatic nitrogens is 3. The highest BCUT2D eigenvalue weighted by Crippen LogP contribution is 2.34. The zero-order valence-electron chi connectivity index (χ0n) is 16.0. The quantitative estimate of drug-likeness (QED) is 0.501. The summed E-state index contributed by atoms with van der Waals surface area (Å²) in [6.45, 7) is 0. The molecule has 2 aromatic carbocycles. The number of hydrogen-bond acceptors (Lipinski definition) is 8. The Kier molecular flexibility index (Phi) is 4.99. The van der Waals surface area contributed by atoms with Crippen molar-refractivity contribution in [3.05, 3.63) is 65.7 Å². The van der Waals surface area contributed by atoms with E-state index in [1.807, 2.05) is 6.07 Å². The average molecular weight is 415 g/mol. The number of fused-ring (bicyclic) bond motifs is 1. The van der Waals surface area contributed by atoms with Crippen LogP contribution in [0.1, 0.15) is 26.4 Å². The molecule has 0 unspecified atom stereocenters. The van der Waals surface area contributed by atoms with Crippen molar-refractivity contribution in [1.29, 1.82) is 5.26 Å². The van der Waals surface area contributed by atoms with Gasteiger partial charge >= 0.3 is 5.97 Å². The molecule has 4 rings (SSSR count). The molecule has 0 aliphatic carbocycles. The topological polar surface area (TPSA) is 151 Å². The molecule has 0 atom stereocenters. The molecule has 0 bridgehead atoms. The molecule has 0 saturated heterocycles. The van der Waals surface area contributed by atoms with E-state index < -0.39 is 11.9 Å². The standard InChI is InChI=1S/C21H13N5O5/c1-30-17-8-18-14(7-12(17)16-10-23-4-5-24-16)19(26-31-18)20(27)25-15-3-2-11(9-22)6-13(15)21(28)29/h2-8,10H,1H3,(H,25,27)(H,28,29). The van der Waals surface area contributed by atoms with Crippen LogP contribution in [0.5, 0.6) is 5.75 Å². The maximum absolute atomic E-state index is 12.9. The van der Waals surface area contributed by atoms with Crippen LogP contribution in [0.15, 0.2) is 53.4 Å². The van der Waals surface area contributed by atoms with Crippen molar-refractivity contribution >= 4 is 28.5 Å². The van der Waals surface area contributed by atoms with Crippen LogP contribution in [0.25, 0.3) is 22.2 Å². The van der Waals surface area contributed by atoms with Crippen LogP contribution in [0.3, 0.4) is 0 Å². The third kappa shape index (κ3) is 3.63. The van der Waals surface area contributed by atoms with Crippen LogP contribution in [0.2, 0.25) is 0 Å². The lowest BCUT2D eigenvalue weighted by atomic mass is 10.1. The van der Waals surface area contributed by atoms with E-state index in [1.165, 1.54) is 37.7 Å². The molecule has 152 valence electrons. The smallest absolute Gasteiger partial charge is 0.337 e. The van der Waals surface area contributed by atoms with Gasteiger partial charge in [-0.1, -0.05) is 5.16 Å². The second-order valence-corrected chi connectivity index (χ2v) is 6.30. The van der Waals surface area contributed by atoms with E-state index in [1.54, 1.807) is 18.3 Å². The van der Waals surface area contributed by atoms with Crippen LogP contribution >= 0.6 is 0 Å². The molecule has 1 amide bonds. The molecule has 2 heterocycles. The summed E-state index contributed by atoms with van der Waals surface area (Å²) in [7, 11) is 1.49. The molecule has 0 radical (unpaired) electrons. The fourth-order valence-corrected chi connectivity index (χ4v) is 3.02. The zero-order chi connectivity index (χ0) is 22.0. The number of carboxylic acid groups (broad SMARTS) is 1. The van der Waals surface area contributed by atoms with Gasteiger partial charge in [-0.25, -0.2) is 4.79 Å². The fraction of sp³-hybridized carbons (Fsp3) is 0.0476. The first-order valence-electron chi connectivity index (χ1n) is 8.84. The van der Waals surface area contributed by atoms with E-state index in [4.69, 9.17) is 14.5 Å². The Morgan fingerprint density at radius 1 is 1.23 bits per heavy atom. The number of nitrogens with zero attached hydrogens (tertiary/aromatic N) is 4. The Morgan fingerprint density at radius 2 is 2.06 bits per heavy atom. The van der Waals surface area contributed by atoms with E-state index in [9.17, 15) is 14.7 Å². The second-order valence-electron chi connectivity index (χ2n) is 6.30. The number of anilines is 1. The molecule has 2 N–H and O–H groups in total. The van der Waals surface area contributed by atoms with Gasteiger partial charge in [0.2, 0.25) is 0 Å². The zero-order valence-corrected chi connectivity index (χ0v) is 16.0. The van der Waals surface area contributed by atoms with Gasteiger partial charge in [0, 0.05) is 24.0 Å². The van der Waals surface area contributed by atoms with E-state index in [0.717, 1.165) is 0 Å². The van der Waals surface area contributed by atoms with E-state index in [0.29, 0.717) is 28.0 Å². The van der Waals surface area contributed by atoms with Gasteiger partial charge < -0.3 is 19.7 Å². The van der Waals surface area contributed by atoms with E-state index in [2.05, 4.69) is 20.4 Å². The summed E-state index contributed by atoms with van der Waals surface area (Å²) in [6.07, 6.45) is 4.61. The summed E-state index contributed by atoms with van der Waals surface area (Å²) < 4.78 is 10.7. The lowest BCUT2D eigenvalue weighted by Crippen LogP contribution is -2.15. The Labute approximate surface area is 174 Å². The molecule has 0 aliphatic heterocycles. The summed E-state index contributed by atoms with van der Waals surface area (Å²) in [4.78, 5) is 32.7. The lowest BCUT2D eigenvalue weighted by Gasteiger charge is -2.09. The van der Waals surface area contributed by atoms with Crippen molar-refractivity contribution in [2.24, 2.45) is 0 Å². The molecular weight excluding hydrogens is 402 g/mol. The molecule has 0 aliphatic rings. The van der Waals surface area contributed by atoms with Gasteiger partial charge in [-0.3, -0.25) is 14.8 Å². The number of hydrogen-bond donors (Lipinski definition) is 2. The maximum Gasteiger partial charge on any atom is 0.337 e. The van der Waals surface area contributed by atoms with Gasteiger partial charge in [0.05, 0.1) is 47.3 Å². The number of benzene rings is 2. The fourth-order valence-electron chi connectivity index (χ4n) is 3.02. The summed E-state index contributed by atoms with van der Waals surface area (Å²) in [5.74, 6) is -1.51. The molecule has 0 fully saturated rings. The number of rotatable bonds is 5. The molecule has 10 heteroatoms. The van der Waals surface area contributed by atoms with E-state index >= 15 is 0 Å². The van der Waals surface area contributed by atoms with Crippen molar-refractivity contribution in [3.63, 3.8) is 0 Å². The number of carboxylic acids is 1. The molecule has 10 nitrogen and oxygen atoms in total. The summed E-state index contributed by atoms with van der Waals surface area (Å²) in [5.41, 5.74) is 1.30. The van der Waals surface area contributed by atoms with Crippen molar-refractivity contribution < 1.29 is 24.0 Å². The predicted molar refractivity (Wildman–Crippen MR) is 108 cm³/mol. The third-order valence-corrected chi connectivity index (χ3v) is 4.47. The number of ether oxygens (including phenoxy) is 1. The molecule has 0 spiro atoms. The van der Waals surface area contributed by atoms with Crippen molar-refractivity contribution in [2.45, 2.75) is 0 Å². The number of aromatic carboxylic acids is 1. The second kappa shape index (κ2) is 7.92. The first kappa shape index (κ1) is 19.5. The first-order valence-corrected chi connectivity index (χ1v) is 8.84. The van der Waals surface area contributed by atoms with Crippen LogP contribution < -0.4 is 10.1 Å². The number of methoxy groups -OCH3 is 1. The molecule has 4 aromatic rings. The Hall–Kier alpha value is -4.78. The highest BCUT2D eigenvalue weighted by Gasteiger charge is 2.22. The van der Waals surface area contributed by atoms with Crippen LogP contribution in [0.4, 0.5) is 5.69 Å². The van der Waals surface area contributed by atoms with E-state index in [-0.39, 0.29) is 22.5 Å². The number of nitrogens with one attached hydrogen (secondary N) is 1. The number of amides is 1. The number of carbonyl (C=O) groups excluding carboxylic acids is 1. The minimum Gasteiger partial charge on any atom is -0.496 e. The summed E-state index contributed by atoms with van der Waals surface area (Å²) >= 11 is 0. The van der Waals surface area contributed by atoms with Crippen molar-refractivity contribution in [2.75, 3.05) is 12.4 Å². The van der Waals surface area contributed by atoms with Gasteiger partial charge in [-0.15, -0.1) is 0 Å². The normalized spacial score (nSPS) is 10.5. The molecule has 31 heavy (non-hydrogen) atoms. The highest BCUT2D eigenvalue weighted by molar-refractivity contribution is 6.13. The summed E-state index contributed by atoms with van der Waals surface area (Å²) in [5, 5.41) is 25.1. The Bertz CT molecular complexity index is 1360. The minimum absolute atomic E-state index is 0.0234. The van der Waals surface area contributed by atoms with Crippen LogP contribution in [-0.4, -0.2) is 39.2 Å². The number of carbonyl (C=O) groups is 2. The Balaban J connectivity index is 1.76. The third-order valence-electron chi connectivity index (χ3n) is 4.47. The van der Waals surface area contributed by atoms with Gasteiger partial charge in [-0.05, 0) is 24.3 Å². The first-order chi connectivity index (χ1) is 15.0. The summed E-state index contributed by atoms with van der Waals surface area (Å²) in [6, 6.07) is 9.00. The molecule has 0 saturated carbocycles. The van der Waals surface area contributed by atoms with Crippen LogP contribution in [0, 0.1) is 11.3 Å². The molecular formula is C21H13N5O5. The van der Waals surface area contributed by atoms with Gasteiger partial charge in [0.15, 0.2) is 11.3 Å². The minimum atomic E-state index is -1.29. The van der Waals surface area contributed by atoms with Crippen molar-refractivity contribution in [1.82, 2.24) is 15.1 Å². The SMILES string of the molecule is COc1cc2onc(C(=O)Nc3ccc(C#N)cc3C(=O)O)c2cc1-c1cnccn1.